The lowest BCUT2D eigenvalue weighted by atomic mass is 9.96. The molecule has 2 heteroatoms. The number of hydrogen-bond donors (Lipinski definition) is 0. The molecule has 0 aromatic heterocycles. The molecule has 25 heavy (non-hydrogen) atoms. The molecule has 0 aliphatic rings. The van der Waals surface area contributed by atoms with E-state index in [0.717, 1.165) is 11.1 Å². The number of carbonyl (C=O) groups excluding carboxylic acids is 1. The molecule has 0 bridgehead atoms. The zero-order chi connectivity index (χ0) is 17.8. The van der Waals surface area contributed by atoms with E-state index in [1.54, 1.807) is 6.07 Å². The first-order valence-corrected chi connectivity index (χ1v) is 8.51. The predicted octanol–water partition coefficient (Wildman–Crippen LogP) is 6.04. The molecular formula is C23H21FO. The van der Waals surface area contributed by atoms with Crippen molar-refractivity contribution in [3.63, 3.8) is 0 Å². The van der Waals surface area contributed by atoms with Crippen LogP contribution in [0.15, 0.2) is 72.8 Å². The summed E-state index contributed by atoms with van der Waals surface area (Å²) in [5.41, 5.74) is 4.12. The van der Waals surface area contributed by atoms with E-state index in [1.807, 2.05) is 74.5 Å². The van der Waals surface area contributed by atoms with Gasteiger partial charge in [0.25, 0.3) is 0 Å². The molecule has 0 atom stereocenters. The molecule has 0 aliphatic heterocycles. The highest BCUT2D eigenvalue weighted by atomic mass is 19.1. The Hall–Kier alpha value is -2.74. The Morgan fingerprint density at radius 1 is 0.880 bits per heavy atom. The van der Waals surface area contributed by atoms with Crippen LogP contribution in [0.5, 0.6) is 0 Å². The summed E-state index contributed by atoms with van der Waals surface area (Å²) >= 11 is 0. The van der Waals surface area contributed by atoms with Gasteiger partial charge in [0.2, 0.25) is 0 Å². The van der Waals surface area contributed by atoms with Gasteiger partial charge in [-0.05, 0) is 40.3 Å². The molecule has 0 aliphatic carbocycles. The van der Waals surface area contributed by atoms with Gasteiger partial charge in [-0.25, -0.2) is 4.39 Å². The highest BCUT2D eigenvalue weighted by Crippen LogP contribution is 2.22. The van der Waals surface area contributed by atoms with E-state index in [4.69, 9.17) is 0 Å². The second-order valence-corrected chi connectivity index (χ2v) is 6.56. The molecule has 1 nitrogen and oxygen atoms in total. The second-order valence-electron chi connectivity index (χ2n) is 6.56. The summed E-state index contributed by atoms with van der Waals surface area (Å²) in [5, 5.41) is 0. The minimum atomic E-state index is -0.238. The average Bonchev–Trinajstić information content (AvgIpc) is 2.62. The van der Waals surface area contributed by atoms with Crippen LogP contribution >= 0.6 is 0 Å². The van der Waals surface area contributed by atoms with Crippen LogP contribution in [0.2, 0.25) is 0 Å². The molecule has 0 spiro atoms. The Labute approximate surface area is 148 Å². The van der Waals surface area contributed by atoms with Crippen molar-refractivity contribution >= 4 is 5.78 Å². The Balaban J connectivity index is 1.81. The summed E-state index contributed by atoms with van der Waals surface area (Å²) in [4.78, 5) is 12.6. The van der Waals surface area contributed by atoms with Gasteiger partial charge in [0, 0.05) is 12.0 Å². The lowest BCUT2D eigenvalue weighted by molar-refractivity contribution is 0.0993. The van der Waals surface area contributed by atoms with Crippen molar-refractivity contribution in [3.8, 4) is 11.1 Å². The number of benzene rings is 3. The highest BCUT2D eigenvalue weighted by molar-refractivity contribution is 5.98. The standard InChI is InChI=1S/C23H21FO/c1-16(2)21-12-11-17(13-22(21)24)14-23(25)20-10-6-9-19(15-20)18-7-4-3-5-8-18/h3-13,15-16H,14H2,1-2H3. The maximum atomic E-state index is 14.1. The smallest absolute Gasteiger partial charge is 0.167 e. The van der Waals surface area contributed by atoms with E-state index < -0.39 is 0 Å². The van der Waals surface area contributed by atoms with Crippen molar-refractivity contribution < 1.29 is 9.18 Å². The van der Waals surface area contributed by atoms with Gasteiger partial charge in [-0.1, -0.05) is 74.5 Å². The Morgan fingerprint density at radius 3 is 2.28 bits per heavy atom. The Morgan fingerprint density at radius 2 is 1.60 bits per heavy atom. The van der Waals surface area contributed by atoms with Crippen LogP contribution in [0.3, 0.4) is 0 Å². The van der Waals surface area contributed by atoms with Gasteiger partial charge in [0.1, 0.15) is 5.82 Å². The summed E-state index contributed by atoms with van der Waals surface area (Å²) in [5.74, 6) is -0.111. The lowest BCUT2D eigenvalue weighted by Crippen LogP contribution is -2.05. The number of Topliss-reactive ketones (excluding diaryl/α,β-unsaturated/α-hetero) is 1. The van der Waals surface area contributed by atoms with Crippen molar-refractivity contribution in [1.29, 1.82) is 0 Å². The first kappa shape index (κ1) is 17.1. The van der Waals surface area contributed by atoms with Crippen molar-refractivity contribution in [1.82, 2.24) is 0 Å². The Kier molecular flexibility index (Phi) is 5.08. The molecule has 0 amide bonds. The number of rotatable bonds is 5. The Bertz CT molecular complexity index is 882. The lowest BCUT2D eigenvalue weighted by Gasteiger charge is -2.09. The summed E-state index contributed by atoms with van der Waals surface area (Å²) in [7, 11) is 0. The summed E-state index contributed by atoms with van der Waals surface area (Å²) in [6, 6.07) is 22.6. The van der Waals surface area contributed by atoms with Crippen LogP contribution in [0.25, 0.3) is 11.1 Å². The van der Waals surface area contributed by atoms with E-state index in [9.17, 15) is 9.18 Å². The third-order valence-corrected chi connectivity index (χ3v) is 4.34. The fraction of sp³-hybridized carbons (Fsp3) is 0.174. The van der Waals surface area contributed by atoms with E-state index in [1.165, 1.54) is 6.07 Å². The van der Waals surface area contributed by atoms with Crippen molar-refractivity contribution in [2.45, 2.75) is 26.2 Å². The first-order valence-electron chi connectivity index (χ1n) is 8.51. The largest absolute Gasteiger partial charge is 0.294 e. The van der Waals surface area contributed by atoms with Crippen molar-refractivity contribution in [2.75, 3.05) is 0 Å². The van der Waals surface area contributed by atoms with E-state index in [-0.39, 0.29) is 23.9 Å². The number of hydrogen-bond acceptors (Lipinski definition) is 1. The van der Waals surface area contributed by atoms with Gasteiger partial charge in [-0.2, -0.15) is 0 Å². The van der Waals surface area contributed by atoms with Gasteiger partial charge >= 0.3 is 0 Å². The van der Waals surface area contributed by atoms with Crippen LogP contribution in [0.1, 0.15) is 41.3 Å². The van der Waals surface area contributed by atoms with Crippen LogP contribution in [0.4, 0.5) is 4.39 Å². The highest BCUT2D eigenvalue weighted by Gasteiger charge is 2.12. The minimum Gasteiger partial charge on any atom is -0.294 e. The van der Waals surface area contributed by atoms with Crippen LogP contribution in [0, 0.1) is 5.82 Å². The SMILES string of the molecule is CC(C)c1ccc(CC(=O)c2cccc(-c3ccccc3)c2)cc1F. The van der Waals surface area contributed by atoms with Gasteiger partial charge in [-0.3, -0.25) is 4.79 Å². The quantitative estimate of drug-likeness (QED) is 0.520. The van der Waals surface area contributed by atoms with E-state index >= 15 is 0 Å². The molecule has 0 radical (unpaired) electrons. The second kappa shape index (κ2) is 7.43. The fourth-order valence-electron chi connectivity index (χ4n) is 2.94. The molecule has 0 unspecified atom stereocenters. The number of ketones is 1. The molecule has 0 saturated heterocycles. The topological polar surface area (TPSA) is 17.1 Å². The van der Waals surface area contributed by atoms with Crippen molar-refractivity contribution in [3.05, 3.63) is 95.3 Å². The first-order chi connectivity index (χ1) is 12.0. The van der Waals surface area contributed by atoms with Crippen LogP contribution in [-0.4, -0.2) is 5.78 Å². The monoisotopic (exact) mass is 332 g/mol. The normalized spacial score (nSPS) is 10.9. The molecule has 126 valence electrons. The average molecular weight is 332 g/mol. The molecule has 3 aromatic carbocycles. The summed E-state index contributed by atoms with van der Waals surface area (Å²) in [6.45, 7) is 3.91. The molecule has 3 rings (SSSR count). The number of halogens is 1. The van der Waals surface area contributed by atoms with Crippen LogP contribution < -0.4 is 0 Å². The third-order valence-electron chi connectivity index (χ3n) is 4.34. The number of carbonyl (C=O) groups is 1. The summed E-state index contributed by atoms with van der Waals surface area (Å²) in [6.07, 6.45) is 0.202. The van der Waals surface area contributed by atoms with Crippen molar-refractivity contribution in [2.24, 2.45) is 0 Å². The minimum absolute atomic E-state index is 0.00511. The van der Waals surface area contributed by atoms with Gasteiger partial charge in [-0.15, -0.1) is 0 Å². The van der Waals surface area contributed by atoms with Gasteiger partial charge < -0.3 is 0 Å². The van der Waals surface area contributed by atoms with Crippen LogP contribution in [-0.2, 0) is 6.42 Å². The molecule has 3 aromatic rings. The maximum Gasteiger partial charge on any atom is 0.167 e. The zero-order valence-electron chi connectivity index (χ0n) is 14.5. The predicted molar refractivity (Wildman–Crippen MR) is 100 cm³/mol. The van der Waals surface area contributed by atoms with E-state index in [0.29, 0.717) is 16.7 Å². The van der Waals surface area contributed by atoms with E-state index in [2.05, 4.69) is 0 Å². The fourth-order valence-corrected chi connectivity index (χ4v) is 2.94. The molecule has 0 N–H and O–H groups in total. The molecular weight excluding hydrogens is 311 g/mol. The molecule has 0 heterocycles. The third kappa shape index (κ3) is 4.03. The maximum absolute atomic E-state index is 14.1. The van der Waals surface area contributed by atoms with Gasteiger partial charge in [0.15, 0.2) is 5.78 Å². The summed E-state index contributed by atoms with van der Waals surface area (Å²) < 4.78 is 14.1. The van der Waals surface area contributed by atoms with Gasteiger partial charge in [0.05, 0.1) is 0 Å². The zero-order valence-corrected chi connectivity index (χ0v) is 14.5. The molecule has 0 saturated carbocycles. The molecule has 0 fully saturated rings.